The van der Waals surface area contributed by atoms with E-state index in [9.17, 15) is 13.2 Å². The van der Waals surface area contributed by atoms with Crippen LogP contribution in [0.3, 0.4) is 0 Å². The van der Waals surface area contributed by atoms with Gasteiger partial charge in [0, 0.05) is 29.6 Å². The number of carbonyl (C=O) groups is 1. The number of nitrogens with zero attached hydrogens (tertiary/aromatic N) is 1. The maximum absolute atomic E-state index is 12.0. The van der Waals surface area contributed by atoms with Crippen LogP contribution in [0, 0.1) is 12.8 Å². The maximum atomic E-state index is 12.0. The minimum absolute atomic E-state index is 0.0107. The average Bonchev–Trinajstić information content (AvgIpc) is 2.67. The Bertz CT molecular complexity index is 597. The number of carbonyl (C=O) groups excluding carboxylic acids is 1. The third-order valence-electron chi connectivity index (χ3n) is 3.70. The molecule has 0 spiro atoms. The van der Waals surface area contributed by atoms with Crippen molar-refractivity contribution in [3.8, 4) is 0 Å². The third kappa shape index (κ3) is 3.73. The Morgan fingerprint density at radius 3 is 2.50 bits per heavy atom. The first kappa shape index (κ1) is 15.3. The predicted molar refractivity (Wildman–Crippen MR) is 79.1 cm³/mol. The van der Waals surface area contributed by atoms with E-state index in [4.69, 9.17) is 10.7 Å². The summed E-state index contributed by atoms with van der Waals surface area (Å²) < 4.78 is 22.2. The molecule has 1 fully saturated rings. The van der Waals surface area contributed by atoms with Crippen molar-refractivity contribution in [2.45, 2.75) is 26.3 Å². The van der Waals surface area contributed by atoms with Crippen LogP contribution in [0.2, 0.25) is 0 Å². The molecule has 1 aromatic carbocycles. The summed E-state index contributed by atoms with van der Waals surface area (Å²) in [7, 11) is 1.71. The zero-order valence-corrected chi connectivity index (χ0v) is 13.1. The molecule has 1 amide bonds. The zero-order valence-electron chi connectivity index (χ0n) is 11.5. The summed E-state index contributed by atoms with van der Waals surface area (Å²) in [5.74, 6) is -0.362. The van der Waals surface area contributed by atoms with Crippen LogP contribution in [0.4, 0.5) is 0 Å². The molecule has 1 saturated heterocycles. The second kappa shape index (κ2) is 5.74. The number of hydrogen-bond donors (Lipinski definition) is 0. The highest BCUT2D eigenvalue weighted by atomic mass is 35.7. The monoisotopic (exact) mass is 315 g/mol. The molecule has 2 rings (SSSR count). The average molecular weight is 316 g/mol. The standard InChI is InChI=1S/C14H18ClNO3S/c1-10-3-5-13(6-4-10)11(2)16-8-12(7-14(16)17)9-20(15,18)19/h3-6,11-12H,7-9H2,1-2H3. The number of amides is 1. The Morgan fingerprint density at radius 2 is 1.95 bits per heavy atom. The molecule has 0 N–H and O–H groups in total. The number of halogens is 1. The Morgan fingerprint density at radius 1 is 1.35 bits per heavy atom. The van der Waals surface area contributed by atoms with Crippen LogP contribution < -0.4 is 0 Å². The van der Waals surface area contributed by atoms with Crippen molar-refractivity contribution in [1.82, 2.24) is 4.90 Å². The quantitative estimate of drug-likeness (QED) is 0.802. The Balaban J connectivity index is 2.09. The molecule has 20 heavy (non-hydrogen) atoms. The van der Waals surface area contributed by atoms with Gasteiger partial charge in [-0.25, -0.2) is 8.42 Å². The van der Waals surface area contributed by atoms with Crippen molar-refractivity contribution in [2.24, 2.45) is 5.92 Å². The highest BCUT2D eigenvalue weighted by molar-refractivity contribution is 8.13. The topological polar surface area (TPSA) is 54.5 Å². The molecule has 0 saturated carbocycles. The van der Waals surface area contributed by atoms with Crippen LogP contribution in [0.15, 0.2) is 24.3 Å². The Kier molecular flexibility index (Phi) is 4.39. The summed E-state index contributed by atoms with van der Waals surface area (Å²) in [5, 5.41) is 0. The van der Waals surface area contributed by atoms with E-state index in [0.717, 1.165) is 5.56 Å². The lowest BCUT2D eigenvalue weighted by Gasteiger charge is -2.25. The molecule has 0 aliphatic carbocycles. The van der Waals surface area contributed by atoms with Gasteiger partial charge in [0.05, 0.1) is 11.8 Å². The van der Waals surface area contributed by atoms with Gasteiger partial charge in [-0.1, -0.05) is 29.8 Å². The lowest BCUT2D eigenvalue weighted by molar-refractivity contribution is -0.129. The number of hydrogen-bond acceptors (Lipinski definition) is 3. The van der Waals surface area contributed by atoms with Gasteiger partial charge >= 0.3 is 0 Å². The van der Waals surface area contributed by atoms with Crippen LogP contribution in [0.1, 0.15) is 30.5 Å². The summed E-state index contributed by atoms with van der Waals surface area (Å²) in [6, 6.07) is 7.96. The molecule has 1 heterocycles. The van der Waals surface area contributed by atoms with Crippen LogP contribution in [-0.4, -0.2) is 31.5 Å². The fourth-order valence-electron chi connectivity index (χ4n) is 2.60. The lowest BCUT2D eigenvalue weighted by atomic mass is 10.1. The van der Waals surface area contributed by atoms with E-state index in [1.54, 1.807) is 4.90 Å². The van der Waals surface area contributed by atoms with E-state index < -0.39 is 9.05 Å². The van der Waals surface area contributed by atoms with Crippen molar-refractivity contribution in [3.05, 3.63) is 35.4 Å². The molecule has 2 atom stereocenters. The van der Waals surface area contributed by atoms with E-state index in [2.05, 4.69) is 0 Å². The van der Waals surface area contributed by atoms with Gasteiger partial charge in [-0.2, -0.15) is 0 Å². The van der Waals surface area contributed by atoms with E-state index in [0.29, 0.717) is 6.54 Å². The summed E-state index contributed by atoms with van der Waals surface area (Å²) in [6.45, 7) is 4.41. The van der Waals surface area contributed by atoms with Gasteiger partial charge in [0.2, 0.25) is 15.0 Å². The zero-order chi connectivity index (χ0) is 14.9. The molecule has 4 nitrogen and oxygen atoms in total. The normalized spacial score (nSPS) is 21.2. The minimum atomic E-state index is -3.56. The summed E-state index contributed by atoms with van der Waals surface area (Å²) in [6.07, 6.45) is 0.252. The molecule has 0 radical (unpaired) electrons. The van der Waals surface area contributed by atoms with Gasteiger partial charge in [-0.3, -0.25) is 4.79 Å². The van der Waals surface area contributed by atoms with Gasteiger partial charge in [0.1, 0.15) is 0 Å². The molecule has 0 aromatic heterocycles. The van der Waals surface area contributed by atoms with Crippen LogP contribution in [0.5, 0.6) is 0 Å². The van der Waals surface area contributed by atoms with Crippen molar-refractivity contribution >= 4 is 25.6 Å². The molecule has 6 heteroatoms. The van der Waals surface area contributed by atoms with E-state index in [1.807, 2.05) is 38.1 Å². The number of rotatable bonds is 4. The van der Waals surface area contributed by atoms with Gasteiger partial charge in [-0.05, 0) is 19.4 Å². The van der Waals surface area contributed by atoms with Crippen LogP contribution >= 0.6 is 10.7 Å². The molecular weight excluding hydrogens is 298 g/mol. The van der Waals surface area contributed by atoms with Crippen molar-refractivity contribution < 1.29 is 13.2 Å². The molecular formula is C14H18ClNO3S. The fraction of sp³-hybridized carbons (Fsp3) is 0.500. The van der Waals surface area contributed by atoms with E-state index in [1.165, 1.54) is 5.56 Å². The van der Waals surface area contributed by atoms with Crippen molar-refractivity contribution in [3.63, 3.8) is 0 Å². The summed E-state index contributed by atoms with van der Waals surface area (Å²) >= 11 is 0. The third-order valence-corrected chi connectivity index (χ3v) is 4.95. The predicted octanol–water partition coefficient (Wildman–Crippen LogP) is 2.47. The SMILES string of the molecule is Cc1ccc(C(C)N2CC(CS(=O)(=O)Cl)CC2=O)cc1. The first-order chi connectivity index (χ1) is 9.26. The Labute approximate surface area is 124 Å². The van der Waals surface area contributed by atoms with Crippen LogP contribution in [0.25, 0.3) is 0 Å². The molecule has 2 unspecified atom stereocenters. The van der Waals surface area contributed by atoms with Gasteiger partial charge in [0.25, 0.3) is 0 Å². The smallest absolute Gasteiger partial charge is 0.232 e. The second-order valence-corrected chi connectivity index (χ2v) is 8.23. The van der Waals surface area contributed by atoms with E-state index >= 15 is 0 Å². The maximum Gasteiger partial charge on any atom is 0.232 e. The lowest BCUT2D eigenvalue weighted by Crippen LogP contribution is -2.29. The molecule has 110 valence electrons. The number of benzene rings is 1. The molecule has 1 aliphatic heterocycles. The van der Waals surface area contributed by atoms with Crippen molar-refractivity contribution in [2.75, 3.05) is 12.3 Å². The highest BCUT2D eigenvalue weighted by Gasteiger charge is 2.35. The van der Waals surface area contributed by atoms with Crippen molar-refractivity contribution in [1.29, 1.82) is 0 Å². The summed E-state index contributed by atoms with van der Waals surface area (Å²) in [4.78, 5) is 13.8. The highest BCUT2D eigenvalue weighted by Crippen LogP contribution is 2.29. The molecule has 1 aromatic rings. The minimum Gasteiger partial charge on any atom is -0.336 e. The Hall–Kier alpha value is -1.07. The number of likely N-dealkylation sites (tertiary alicyclic amines) is 1. The second-order valence-electron chi connectivity index (χ2n) is 5.41. The molecule has 0 bridgehead atoms. The molecule has 1 aliphatic rings. The fourth-order valence-corrected chi connectivity index (χ4v) is 3.92. The van der Waals surface area contributed by atoms with E-state index in [-0.39, 0.29) is 30.0 Å². The van der Waals surface area contributed by atoms with Crippen LogP contribution in [-0.2, 0) is 13.8 Å². The number of aryl methyl sites for hydroxylation is 1. The van der Waals surface area contributed by atoms with Gasteiger partial charge < -0.3 is 4.90 Å². The first-order valence-corrected chi connectivity index (χ1v) is 9.02. The largest absolute Gasteiger partial charge is 0.336 e. The first-order valence-electron chi connectivity index (χ1n) is 6.54. The summed E-state index contributed by atoms with van der Waals surface area (Å²) in [5.41, 5.74) is 2.22. The van der Waals surface area contributed by atoms with Gasteiger partial charge in [-0.15, -0.1) is 0 Å². The van der Waals surface area contributed by atoms with Gasteiger partial charge in [0.15, 0.2) is 0 Å².